The van der Waals surface area contributed by atoms with Gasteiger partial charge in [-0.2, -0.15) is 0 Å². The summed E-state index contributed by atoms with van der Waals surface area (Å²) in [6.45, 7) is 12.7. The highest BCUT2D eigenvalue weighted by molar-refractivity contribution is 5.92. The minimum absolute atomic E-state index is 0.155. The number of para-hydroxylation sites is 3. The van der Waals surface area contributed by atoms with Crippen molar-refractivity contribution in [2.45, 2.75) is 45.7 Å². The summed E-state index contributed by atoms with van der Waals surface area (Å²) in [6.07, 6.45) is 4.55. The summed E-state index contributed by atoms with van der Waals surface area (Å²) in [5.41, 5.74) is 3.65. The molecule has 1 heterocycles. The molecule has 3 rings (SSSR count). The fourth-order valence-electron chi connectivity index (χ4n) is 3.57. The summed E-state index contributed by atoms with van der Waals surface area (Å²) in [6, 6.07) is 15.9. The van der Waals surface area contributed by atoms with Gasteiger partial charge in [-0.15, -0.1) is 6.58 Å². The second-order valence-corrected chi connectivity index (χ2v) is 7.74. The standard InChI is InChI=1S/C26H31N3O2/c1-5-12-21-13-6-9-16-24(21)31-18-11-10-17-29-23-15-8-7-14-22(23)28-25(29)20(4)27-26(30)19(2)3/h5-9,13-16,20H,1-2,10-12,17-18H2,3-4H3,(H,27,30). The number of nitrogens with zero attached hydrogens (tertiary/aromatic N) is 2. The van der Waals surface area contributed by atoms with Gasteiger partial charge in [-0.1, -0.05) is 43.0 Å². The van der Waals surface area contributed by atoms with Gasteiger partial charge in [-0.05, 0) is 56.9 Å². The first kappa shape index (κ1) is 22.3. The van der Waals surface area contributed by atoms with E-state index in [-0.39, 0.29) is 11.9 Å². The van der Waals surface area contributed by atoms with Crippen molar-refractivity contribution in [1.29, 1.82) is 0 Å². The van der Waals surface area contributed by atoms with Crippen molar-refractivity contribution in [3.05, 3.63) is 84.7 Å². The number of carbonyl (C=O) groups excluding carboxylic acids is 1. The molecule has 0 radical (unpaired) electrons. The summed E-state index contributed by atoms with van der Waals surface area (Å²) in [5.74, 6) is 1.62. The molecule has 0 bridgehead atoms. The minimum atomic E-state index is -0.210. The molecule has 1 aromatic heterocycles. The third-order valence-electron chi connectivity index (χ3n) is 5.18. The van der Waals surface area contributed by atoms with Gasteiger partial charge in [0.1, 0.15) is 11.6 Å². The maximum absolute atomic E-state index is 12.1. The third kappa shape index (κ3) is 5.63. The maximum atomic E-state index is 12.1. The molecule has 1 N–H and O–H groups in total. The van der Waals surface area contributed by atoms with E-state index in [0.29, 0.717) is 12.2 Å². The zero-order chi connectivity index (χ0) is 22.2. The lowest BCUT2D eigenvalue weighted by Crippen LogP contribution is -2.29. The molecule has 1 atom stereocenters. The topological polar surface area (TPSA) is 56.1 Å². The zero-order valence-electron chi connectivity index (χ0n) is 18.4. The van der Waals surface area contributed by atoms with Gasteiger partial charge in [0.25, 0.3) is 0 Å². The van der Waals surface area contributed by atoms with Crippen LogP contribution in [0.15, 0.2) is 73.3 Å². The molecule has 0 aliphatic rings. The van der Waals surface area contributed by atoms with Crippen LogP contribution in [0.4, 0.5) is 0 Å². The molecule has 0 saturated heterocycles. The number of rotatable bonds is 11. The number of hydrogen-bond donors (Lipinski definition) is 1. The van der Waals surface area contributed by atoms with E-state index < -0.39 is 0 Å². The average molecular weight is 418 g/mol. The van der Waals surface area contributed by atoms with E-state index in [0.717, 1.165) is 54.0 Å². The van der Waals surface area contributed by atoms with Crippen molar-refractivity contribution >= 4 is 16.9 Å². The number of imidazole rings is 1. The van der Waals surface area contributed by atoms with Crippen LogP contribution in [0.1, 0.15) is 44.1 Å². The highest BCUT2D eigenvalue weighted by atomic mass is 16.5. The number of allylic oxidation sites excluding steroid dienone is 1. The number of unbranched alkanes of at least 4 members (excludes halogenated alkanes) is 1. The molecule has 2 aromatic carbocycles. The summed E-state index contributed by atoms with van der Waals surface area (Å²) in [7, 11) is 0. The number of aromatic nitrogens is 2. The van der Waals surface area contributed by atoms with Crippen molar-refractivity contribution in [3.8, 4) is 5.75 Å². The van der Waals surface area contributed by atoms with Gasteiger partial charge in [-0.25, -0.2) is 4.98 Å². The van der Waals surface area contributed by atoms with Crippen LogP contribution < -0.4 is 10.1 Å². The van der Waals surface area contributed by atoms with Gasteiger partial charge in [0.05, 0.1) is 23.7 Å². The highest BCUT2D eigenvalue weighted by Gasteiger charge is 2.18. The van der Waals surface area contributed by atoms with Gasteiger partial charge in [-0.3, -0.25) is 4.79 Å². The number of amides is 1. The van der Waals surface area contributed by atoms with Crippen LogP contribution in [-0.2, 0) is 17.8 Å². The number of hydrogen-bond acceptors (Lipinski definition) is 3. The minimum Gasteiger partial charge on any atom is -0.493 e. The number of aryl methyl sites for hydroxylation is 1. The van der Waals surface area contributed by atoms with Crippen molar-refractivity contribution < 1.29 is 9.53 Å². The molecule has 0 fully saturated rings. The van der Waals surface area contributed by atoms with Crippen molar-refractivity contribution in [3.63, 3.8) is 0 Å². The Morgan fingerprint density at radius 1 is 1.19 bits per heavy atom. The van der Waals surface area contributed by atoms with Gasteiger partial charge >= 0.3 is 0 Å². The maximum Gasteiger partial charge on any atom is 0.246 e. The summed E-state index contributed by atoms with van der Waals surface area (Å²) in [4.78, 5) is 16.9. The van der Waals surface area contributed by atoms with E-state index in [4.69, 9.17) is 9.72 Å². The van der Waals surface area contributed by atoms with Crippen LogP contribution in [0, 0.1) is 0 Å². The number of benzene rings is 2. The first-order chi connectivity index (χ1) is 15.0. The molecule has 0 spiro atoms. The van der Waals surface area contributed by atoms with Crippen molar-refractivity contribution in [2.75, 3.05) is 6.61 Å². The van der Waals surface area contributed by atoms with Gasteiger partial charge in [0.2, 0.25) is 5.91 Å². The molecule has 162 valence electrons. The van der Waals surface area contributed by atoms with Gasteiger partial charge in [0.15, 0.2) is 0 Å². The fraction of sp³-hybridized carbons (Fsp3) is 0.308. The lowest BCUT2D eigenvalue weighted by atomic mass is 10.1. The normalized spacial score (nSPS) is 11.8. The molecule has 31 heavy (non-hydrogen) atoms. The zero-order valence-corrected chi connectivity index (χ0v) is 18.4. The number of carbonyl (C=O) groups is 1. The molecule has 3 aromatic rings. The van der Waals surface area contributed by atoms with Gasteiger partial charge < -0.3 is 14.6 Å². The van der Waals surface area contributed by atoms with Crippen molar-refractivity contribution in [1.82, 2.24) is 14.9 Å². The monoisotopic (exact) mass is 417 g/mol. The average Bonchev–Trinajstić information content (AvgIpc) is 3.13. The SMILES string of the molecule is C=CCc1ccccc1OCCCCn1c(C(C)NC(=O)C(=C)C)nc2ccccc21. The number of ether oxygens (including phenoxy) is 1. The predicted octanol–water partition coefficient (Wildman–Crippen LogP) is 5.38. The van der Waals surface area contributed by atoms with E-state index in [1.807, 2.05) is 49.4 Å². The Hall–Kier alpha value is -3.34. The fourth-order valence-corrected chi connectivity index (χ4v) is 3.57. The second-order valence-electron chi connectivity index (χ2n) is 7.74. The van der Waals surface area contributed by atoms with Crippen LogP contribution in [0.25, 0.3) is 11.0 Å². The molecular formula is C26H31N3O2. The lowest BCUT2D eigenvalue weighted by Gasteiger charge is -2.16. The smallest absolute Gasteiger partial charge is 0.246 e. The Bertz CT molecular complexity index is 1070. The molecule has 5 heteroatoms. The van der Waals surface area contributed by atoms with E-state index in [1.165, 1.54) is 0 Å². The van der Waals surface area contributed by atoms with Crippen LogP contribution in [0.3, 0.4) is 0 Å². The summed E-state index contributed by atoms with van der Waals surface area (Å²) in [5, 5.41) is 2.98. The number of nitrogens with one attached hydrogen (secondary N) is 1. The molecule has 0 saturated carbocycles. The van der Waals surface area contributed by atoms with E-state index in [1.54, 1.807) is 6.92 Å². The second kappa shape index (κ2) is 10.6. The Kier molecular flexibility index (Phi) is 7.65. The Balaban J connectivity index is 1.65. The lowest BCUT2D eigenvalue weighted by molar-refractivity contribution is -0.118. The molecule has 1 amide bonds. The largest absolute Gasteiger partial charge is 0.493 e. The van der Waals surface area contributed by atoms with E-state index in [9.17, 15) is 4.79 Å². The van der Waals surface area contributed by atoms with Gasteiger partial charge in [0, 0.05) is 12.1 Å². The van der Waals surface area contributed by atoms with Crippen LogP contribution in [0.5, 0.6) is 5.75 Å². The Morgan fingerprint density at radius 3 is 2.71 bits per heavy atom. The van der Waals surface area contributed by atoms with E-state index in [2.05, 4.69) is 35.2 Å². The Labute approximate surface area is 184 Å². The summed E-state index contributed by atoms with van der Waals surface area (Å²) >= 11 is 0. The number of fused-ring (bicyclic) bond motifs is 1. The molecule has 1 unspecified atom stereocenters. The molecule has 5 nitrogen and oxygen atoms in total. The predicted molar refractivity (Wildman–Crippen MR) is 126 cm³/mol. The first-order valence-electron chi connectivity index (χ1n) is 10.7. The van der Waals surface area contributed by atoms with Crippen molar-refractivity contribution in [2.24, 2.45) is 0 Å². The van der Waals surface area contributed by atoms with Crippen LogP contribution >= 0.6 is 0 Å². The first-order valence-corrected chi connectivity index (χ1v) is 10.7. The van der Waals surface area contributed by atoms with Crippen LogP contribution in [0.2, 0.25) is 0 Å². The third-order valence-corrected chi connectivity index (χ3v) is 5.18. The van der Waals surface area contributed by atoms with Crippen LogP contribution in [-0.4, -0.2) is 22.1 Å². The molecular weight excluding hydrogens is 386 g/mol. The molecule has 0 aliphatic carbocycles. The Morgan fingerprint density at radius 2 is 1.94 bits per heavy atom. The molecule has 0 aliphatic heterocycles. The quantitative estimate of drug-likeness (QED) is 0.259. The highest BCUT2D eigenvalue weighted by Crippen LogP contribution is 2.22. The van der Waals surface area contributed by atoms with E-state index >= 15 is 0 Å². The summed E-state index contributed by atoms with van der Waals surface area (Å²) < 4.78 is 8.21.